The number of hydrogen-bond acceptors (Lipinski definition) is 6. The SMILES string of the molecule is CC1(C)C(C)(C)C(C)(C)C2(N=c3/c(=C4/C(=O)C(c5ccc6cccc7c6c5NC5(N7)C(C)(C)C(C)(C)C(C)(C)C(C)(C)C5(C)C)=C4O)ccc4cccc(c34)N2)C(C)(C)C1(C)C. The molecule has 2 spiro atoms. The van der Waals surface area contributed by atoms with Crippen LogP contribution in [0.15, 0.2) is 71.4 Å². The average molecular weight is 835 g/mol. The molecule has 6 heteroatoms. The Hall–Kier alpha value is -4.32. The summed E-state index contributed by atoms with van der Waals surface area (Å²) in [4.78, 5) is 21.2. The van der Waals surface area contributed by atoms with E-state index in [-0.39, 0.29) is 65.7 Å². The van der Waals surface area contributed by atoms with Crippen molar-refractivity contribution in [2.75, 3.05) is 16.0 Å². The molecule has 330 valence electrons. The van der Waals surface area contributed by atoms with Crippen LogP contribution in [0.5, 0.6) is 0 Å². The van der Waals surface area contributed by atoms with Gasteiger partial charge in [-0.3, -0.25) is 9.79 Å². The lowest BCUT2D eigenvalue weighted by molar-refractivity contribution is -0.249. The van der Waals surface area contributed by atoms with Crippen molar-refractivity contribution < 1.29 is 9.90 Å². The van der Waals surface area contributed by atoms with Crippen molar-refractivity contribution in [2.45, 2.75) is 150 Å². The molecule has 0 unspecified atom stereocenters. The second kappa shape index (κ2) is 11.5. The summed E-state index contributed by atoms with van der Waals surface area (Å²) in [5.74, 6) is -0.130. The van der Waals surface area contributed by atoms with Gasteiger partial charge in [0.05, 0.1) is 22.2 Å². The van der Waals surface area contributed by atoms with Crippen LogP contribution < -0.4 is 26.5 Å². The molecule has 2 aliphatic heterocycles. The Bertz CT molecular complexity index is 2810. The number of aliphatic hydroxyl groups is 1. The first-order chi connectivity index (χ1) is 28.1. The minimum absolute atomic E-state index is 0.0289. The molecular formula is C56H74N4O2. The maximum Gasteiger partial charge on any atom is 0.201 e. The van der Waals surface area contributed by atoms with Crippen molar-refractivity contribution in [2.24, 2.45) is 59.1 Å². The van der Waals surface area contributed by atoms with E-state index < -0.39 is 11.3 Å². The third-order valence-electron chi connectivity index (χ3n) is 22.9. The molecule has 62 heavy (non-hydrogen) atoms. The fraction of sp³-hybridized carbons (Fsp3) is 0.571. The summed E-state index contributed by atoms with van der Waals surface area (Å²) < 4.78 is 0. The fourth-order valence-corrected chi connectivity index (χ4v) is 14.6. The second-order valence-corrected chi connectivity index (χ2v) is 25.4. The van der Waals surface area contributed by atoms with Gasteiger partial charge in [0.25, 0.3) is 0 Å². The van der Waals surface area contributed by atoms with Gasteiger partial charge in [-0.05, 0) is 55.4 Å². The number of nitrogens with zero attached hydrogens (tertiary/aromatic N) is 1. The molecule has 4 aromatic rings. The van der Waals surface area contributed by atoms with Crippen molar-refractivity contribution in [3.05, 3.63) is 82.6 Å². The predicted molar refractivity (Wildman–Crippen MR) is 261 cm³/mol. The van der Waals surface area contributed by atoms with E-state index in [9.17, 15) is 5.11 Å². The minimum Gasteiger partial charge on any atom is -0.506 e. The Labute approximate surface area is 371 Å². The van der Waals surface area contributed by atoms with E-state index in [1.165, 1.54) is 0 Å². The molecule has 9 rings (SSSR count). The normalized spacial score (nSPS) is 28.0. The number of allylic oxidation sites excluding steroid dienone is 2. The van der Waals surface area contributed by atoms with Crippen molar-refractivity contribution >= 4 is 55.5 Å². The summed E-state index contributed by atoms with van der Waals surface area (Å²) in [6, 6.07) is 21.1. The molecule has 4 aromatic carbocycles. The number of benzene rings is 4. The molecule has 2 heterocycles. The highest BCUT2D eigenvalue weighted by molar-refractivity contribution is 6.52. The molecule has 2 fully saturated rings. The van der Waals surface area contributed by atoms with Gasteiger partial charge in [-0.15, -0.1) is 0 Å². The highest BCUT2D eigenvalue weighted by atomic mass is 16.3. The summed E-state index contributed by atoms with van der Waals surface area (Å²) in [5.41, 5.74) is 0.803. The zero-order valence-corrected chi connectivity index (χ0v) is 41.6. The van der Waals surface area contributed by atoms with Crippen LogP contribution in [-0.2, 0) is 4.79 Å². The molecule has 0 saturated heterocycles. The Kier molecular flexibility index (Phi) is 7.96. The maximum absolute atomic E-state index is 15.3. The smallest absolute Gasteiger partial charge is 0.201 e. The number of ketones is 1. The maximum atomic E-state index is 15.3. The molecule has 0 amide bonds. The second-order valence-electron chi connectivity index (χ2n) is 25.4. The van der Waals surface area contributed by atoms with E-state index >= 15 is 4.79 Å². The van der Waals surface area contributed by atoms with Crippen molar-refractivity contribution in [3.8, 4) is 0 Å². The van der Waals surface area contributed by atoms with Crippen LogP contribution >= 0.6 is 0 Å². The zero-order chi connectivity index (χ0) is 46.0. The third-order valence-corrected chi connectivity index (χ3v) is 22.9. The molecule has 0 bridgehead atoms. The van der Waals surface area contributed by atoms with Gasteiger partial charge in [0.2, 0.25) is 5.78 Å². The Morgan fingerprint density at radius 3 is 1.39 bits per heavy atom. The average Bonchev–Trinajstić information content (AvgIpc) is 3.18. The summed E-state index contributed by atoms with van der Waals surface area (Å²) >= 11 is 0. The molecule has 0 atom stereocenters. The molecule has 2 saturated carbocycles. The highest BCUT2D eigenvalue weighted by Crippen LogP contribution is 2.78. The Morgan fingerprint density at radius 2 is 0.887 bits per heavy atom. The minimum atomic E-state index is -0.769. The Balaban J connectivity index is 1.33. The lowest BCUT2D eigenvalue weighted by atomic mass is 9.31. The standard InChI is InChI=1S/C56H74N4O2/c1-45(2)47(5,6)51(13,14)55(52(15,16)48(45,7)8)57-35-25-21-23-31-27-29-33(41(59-55)37(31)35)39-43(61)40(44(39)62)34-30-28-32-24-22-26-36-38(32)42(34)60-56(58-36)53(17,18)49(9,10)46(3,4)50(11,12)54(56,19)20/h21-30,57-59,61H,1-20H3/b40-34+. The van der Waals surface area contributed by atoms with E-state index in [1.54, 1.807) is 0 Å². The topological polar surface area (TPSA) is 85.8 Å². The fourth-order valence-electron chi connectivity index (χ4n) is 14.6. The molecule has 5 aliphatic rings. The number of Topliss-reactive ketones (excluding diaryl/α,β-unsaturated/α-hetero) is 1. The number of carbonyl (C=O) groups is 1. The zero-order valence-electron chi connectivity index (χ0n) is 41.6. The van der Waals surface area contributed by atoms with Gasteiger partial charge in [-0.1, -0.05) is 187 Å². The number of rotatable bonds is 1. The van der Waals surface area contributed by atoms with Crippen LogP contribution in [0.3, 0.4) is 0 Å². The number of anilines is 3. The van der Waals surface area contributed by atoms with E-state index in [0.717, 1.165) is 49.5 Å². The monoisotopic (exact) mass is 835 g/mol. The van der Waals surface area contributed by atoms with Crippen molar-refractivity contribution in [3.63, 3.8) is 0 Å². The van der Waals surface area contributed by atoms with Crippen LogP contribution in [0.25, 0.3) is 32.7 Å². The number of nitrogens with one attached hydrogen (secondary N) is 3. The van der Waals surface area contributed by atoms with Gasteiger partial charge in [-0.25, -0.2) is 0 Å². The first kappa shape index (κ1) is 43.0. The number of hydrogen-bond donors (Lipinski definition) is 4. The van der Waals surface area contributed by atoms with E-state index in [0.29, 0.717) is 16.4 Å². The van der Waals surface area contributed by atoms with Crippen LogP contribution in [0, 0.1) is 54.1 Å². The molecule has 6 nitrogen and oxygen atoms in total. The van der Waals surface area contributed by atoms with Crippen LogP contribution in [0.2, 0.25) is 0 Å². The van der Waals surface area contributed by atoms with Crippen molar-refractivity contribution in [1.29, 1.82) is 0 Å². The van der Waals surface area contributed by atoms with Crippen LogP contribution in [0.1, 0.15) is 144 Å². The van der Waals surface area contributed by atoms with Gasteiger partial charge >= 0.3 is 0 Å². The van der Waals surface area contributed by atoms with Gasteiger partial charge < -0.3 is 21.1 Å². The quantitative estimate of drug-likeness (QED) is 0.153. The first-order valence-electron chi connectivity index (χ1n) is 23.2. The molecule has 4 N–H and O–H groups in total. The van der Waals surface area contributed by atoms with E-state index in [1.807, 2.05) is 12.1 Å². The van der Waals surface area contributed by atoms with Crippen molar-refractivity contribution in [1.82, 2.24) is 0 Å². The lowest BCUT2D eigenvalue weighted by Crippen LogP contribution is -2.81. The summed E-state index contributed by atoms with van der Waals surface area (Å²) in [5, 5.41) is 30.7. The molecule has 3 aliphatic carbocycles. The largest absolute Gasteiger partial charge is 0.506 e. The summed E-state index contributed by atoms with van der Waals surface area (Å²) in [7, 11) is 0. The molecule has 0 aromatic heterocycles. The van der Waals surface area contributed by atoms with E-state index in [2.05, 4.69) is 203 Å². The number of carbonyl (C=O) groups excluding carboxylic acids is 1. The Morgan fingerprint density at radius 1 is 0.452 bits per heavy atom. The molecular weight excluding hydrogens is 761 g/mol. The van der Waals surface area contributed by atoms with Gasteiger partial charge in [0.1, 0.15) is 17.1 Å². The van der Waals surface area contributed by atoms with Gasteiger partial charge in [0, 0.05) is 54.6 Å². The lowest BCUT2D eigenvalue weighted by Gasteiger charge is -2.77. The van der Waals surface area contributed by atoms with Crippen LogP contribution in [-0.4, -0.2) is 22.2 Å². The third kappa shape index (κ3) is 4.09. The van der Waals surface area contributed by atoms with Crippen LogP contribution in [0.4, 0.5) is 17.1 Å². The number of aliphatic hydroxyl groups excluding tert-OH is 1. The highest BCUT2D eigenvalue weighted by Gasteiger charge is 2.77. The predicted octanol–water partition coefficient (Wildman–Crippen LogP) is 13.3. The van der Waals surface area contributed by atoms with Gasteiger partial charge in [-0.2, -0.15) is 0 Å². The first-order valence-corrected chi connectivity index (χ1v) is 23.2. The summed E-state index contributed by atoms with van der Waals surface area (Å²) in [6.45, 7) is 48.1. The molecule has 0 radical (unpaired) electrons. The summed E-state index contributed by atoms with van der Waals surface area (Å²) in [6.07, 6.45) is 0. The van der Waals surface area contributed by atoms with Gasteiger partial charge in [0.15, 0.2) is 0 Å². The van der Waals surface area contributed by atoms with E-state index in [4.69, 9.17) is 4.99 Å².